The van der Waals surface area contributed by atoms with Crippen LogP contribution in [-0.4, -0.2) is 78.5 Å². The van der Waals surface area contributed by atoms with Gasteiger partial charge in [-0.1, -0.05) is 12.1 Å². The van der Waals surface area contributed by atoms with E-state index < -0.39 is 11.7 Å². The summed E-state index contributed by atoms with van der Waals surface area (Å²) < 4.78 is 31.1. The van der Waals surface area contributed by atoms with Crippen molar-refractivity contribution in [3.05, 3.63) is 53.6 Å². The maximum Gasteiger partial charge on any atom is 0.233 e. The largest absolute Gasteiger partial charge is 0.378 e. The minimum Gasteiger partial charge on any atom is -0.378 e. The van der Waals surface area contributed by atoms with Crippen molar-refractivity contribution in [2.75, 3.05) is 44.8 Å². The van der Waals surface area contributed by atoms with Crippen molar-refractivity contribution in [2.45, 2.75) is 44.2 Å². The van der Waals surface area contributed by atoms with Gasteiger partial charge in [0.1, 0.15) is 11.9 Å². The van der Waals surface area contributed by atoms with Crippen LogP contribution in [0, 0.1) is 11.2 Å². The predicted octanol–water partition coefficient (Wildman–Crippen LogP) is 2.21. The van der Waals surface area contributed by atoms with Gasteiger partial charge in [-0.2, -0.15) is 0 Å². The second-order valence-electron chi connectivity index (χ2n) is 10.3. The number of carbonyl (C=O) groups is 1. The third-order valence-electron chi connectivity index (χ3n) is 7.16. The highest BCUT2D eigenvalue weighted by Crippen LogP contribution is 2.38. The molecule has 37 heavy (non-hydrogen) atoms. The molecule has 1 aromatic heterocycles. The Morgan fingerprint density at radius 2 is 1.86 bits per heavy atom. The third-order valence-corrected chi connectivity index (χ3v) is 7.16. The van der Waals surface area contributed by atoms with Crippen molar-refractivity contribution in [1.82, 2.24) is 20.2 Å². The Labute approximate surface area is 214 Å². The van der Waals surface area contributed by atoms with E-state index in [0.29, 0.717) is 44.1 Å². The van der Waals surface area contributed by atoms with E-state index in [1.54, 1.807) is 18.3 Å². The molecule has 2 aromatic rings. The lowest BCUT2D eigenvalue weighted by molar-refractivity contribution is -0.203. The molecule has 0 radical (unpaired) electrons. The topological polar surface area (TPSA) is 110 Å². The molecule has 10 nitrogen and oxygen atoms in total. The van der Waals surface area contributed by atoms with Gasteiger partial charge in [0, 0.05) is 25.3 Å². The summed E-state index contributed by atoms with van der Waals surface area (Å²) in [6.45, 7) is 4.52. The van der Waals surface area contributed by atoms with Gasteiger partial charge >= 0.3 is 0 Å². The number of morpholine rings is 1. The normalized spacial score (nSPS) is 29.9. The van der Waals surface area contributed by atoms with Crippen LogP contribution in [0.2, 0.25) is 0 Å². The number of rotatable bonds is 6. The number of nitrogens with one attached hydrogen (secondary N) is 2. The van der Waals surface area contributed by atoms with Crippen LogP contribution in [0.4, 0.5) is 10.3 Å². The fraction of sp³-hybridized carbons (Fsp3) is 0.538. The molecule has 2 N–H and O–H groups in total. The number of halogens is 1. The molecule has 1 aliphatic carbocycles. The average molecular weight is 511 g/mol. The first kappa shape index (κ1) is 24.2. The first-order valence-electron chi connectivity index (χ1n) is 12.8. The highest BCUT2D eigenvalue weighted by molar-refractivity contribution is 5.88. The van der Waals surface area contributed by atoms with Crippen molar-refractivity contribution in [1.29, 1.82) is 0 Å². The molecule has 2 unspecified atom stereocenters. The quantitative estimate of drug-likeness (QED) is 0.609. The molecule has 1 amide bonds. The average Bonchev–Trinajstić information content (AvgIpc) is 3.64. The monoisotopic (exact) mass is 510 g/mol. The molecule has 11 heteroatoms. The summed E-state index contributed by atoms with van der Waals surface area (Å²) in [5, 5.41) is 6.77. The van der Waals surface area contributed by atoms with Crippen molar-refractivity contribution in [3.8, 4) is 0 Å². The van der Waals surface area contributed by atoms with Crippen molar-refractivity contribution in [2.24, 2.45) is 10.4 Å². The van der Waals surface area contributed by atoms with Gasteiger partial charge in [-0.3, -0.25) is 9.79 Å². The number of hydrogen-bond donors (Lipinski definition) is 2. The van der Waals surface area contributed by atoms with Gasteiger partial charge in [0.05, 0.1) is 43.6 Å². The van der Waals surface area contributed by atoms with E-state index in [-0.39, 0.29) is 37.0 Å². The van der Waals surface area contributed by atoms with Crippen LogP contribution >= 0.6 is 0 Å². The molecule has 3 fully saturated rings. The Hall–Kier alpha value is -3.15. The predicted molar refractivity (Wildman–Crippen MR) is 132 cm³/mol. The van der Waals surface area contributed by atoms with Crippen LogP contribution in [0.5, 0.6) is 0 Å². The zero-order valence-electron chi connectivity index (χ0n) is 20.7. The fourth-order valence-electron chi connectivity index (χ4n) is 4.86. The van der Waals surface area contributed by atoms with Gasteiger partial charge in [0.25, 0.3) is 0 Å². The second-order valence-corrected chi connectivity index (χ2v) is 10.3. The van der Waals surface area contributed by atoms with Crippen molar-refractivity contribution < 1.29 is 23.4 Å². The van der Waals surface area contributed by atoms with Crippen LogP contribution in [-0.2, 0) is 19.0 Å². The lowest BCUT2D eigenvalue weighted by atomic mass is 9.90. The second kappa shape index (κ2) is 9.96. The van der Waals surface area contributed by atoms with E-state index in [9.17, 15) is 9.18 Å². The van der Waals surface area contributed by atoms with Gasteiger partial charge in [0.15, 0.2) is 5.84 Å². The van der Waals surface area contributed by atoms with Crippen molar-refractivity contribution >= 4 is 17.7 Å². The van der Waals surface area contributed by atoms with Crippen molar-refractivity contribution in [3.63, 3.8) is 0 Å². The Morgan fingerprint density at radius 1 is 1.14 bits per heavy atom. The maximum atomic E-state index is 13.7. The Balaban J connectivity index is 1.20. The minimum absolute atomic E-state index is 0.00862. The first-order chi connectivity index (χ1) is 18.0. The molecule has 0 spiro atoms. The number of anilines is 1. The first-order valence-corrected chi connectivity index (χ1v) is 12.8. The third kappa shape index (κ3) is 5.16. The number of amides is 1. The van der Waals surface area contributed by atoms with Gasteiger partial charge < -0.3 is 29.7 Å². The number of aliphatic imine (C=N–C) groups is 1. The molecule has 1 aromatic carbocycles. The summed E-state index contributed by atoms with van der Waals surface area (Å²) in [5.74, 6) is 0.803. The molecular formula is C26H31FN6O4. The molecule has 6 rings (SSSR count). The van der Waals surface area contributed by atoms with Crippen LogP contribution in [0.3, 0.4) is 0 Å². The number of carbonyl (C=O) groups excluding carboxylic acids is 1. The van der Waals surface area contributed by atoms with Crippen LogP contribution in [0.15, 0.2) is 41.5 Å². The SMILES string of the molecule is CC1(C(=O)N2CCOCC2)COC(C2=NC(c3ccc(F)cc3)C(c3ccnc(NC4CC4)n3)N2)OC1. The lowest BCUT2D eigenvalue weighted by Gasteiger charge is -2.40. The van der Waals surface area contributed by atoms with Crippen LogP contribution in [0.1, 0.15) is 43.1 Å². The number of amidine groups is 1. The molecule has 0 bridgehead atoms. The minimum atomic E-state index is -0.779. The maximum absolute atomic E-state index is 13.7. The molecule has 196 valence electrons. The summed E-state index contributed by atoms with van der Waals surface area (Å²) in [5.41, 5.74) is 0.820. The van der Waals surface area contributed by atoms with Crippen LogP contribution in [0.25, 0.3) is 0 Å². The number of ether oxygens (including phenoxy) is 3. The van der Waals surface area contributed by atoms with E-state index in [4.69, 9.17) is 24.2 Å². The fourth-order valence-corrected chi connectivity index (χ4v) is 4.86. The lowest BCUT2D eigenvalue weighted by Crippen LogP contribution is -2.55. The Morgan fingerprint density at radius 3 is 2.57 bits per heavy atom. The molecule has 1 saturated carbocycles. The number of nitrogens with zero attached hydrogens (tertiary/aromatic N) is 4. The molecule has 4 aliphatic rings. The summed E-state index contributed by atoms with van der Waals surface area (Å²) in [7, 11) is 0. The smallest absolute Gasteiger partial charge is 0.233 e. The number of benzene rings is 1. The summed E-state index contributed by atoms with van der Waals surface area (Å²) >= 11 is 0. The van der Waals surface area contributed by atoms with E-state index in [0.717, 1.165) is 24.1 Å². The molecule has 2 atom stereocenters. The Bertz CT molecular complexity index is 1160. The zero-order valence-corrected chi connectivity index (χ0v) is 20.7. The van der Waals surface area contributed by atoms with Crippen LogP contribution < -0.4 is 10.6 Å². The standard InChI is InChI=1S/C26H31FN6O4/c1-26(24(34)33-10-12-35-13-11-33)14-36-23(37-15-26)22-31-20(16-2-4-17(27)5-3-16)21(32-22)19-8-9-28-25(30-19)29-18-6-7-18/h2-5,8-9,18,20-21,23H,6-7,10-15H2,1H3,(H,31,32)(H,28,29,30). The van der Waals surface area contributed by atoms with E-state index in [2.05, 4.69) is 15.6 Å². The molecular weight excluding hydrogens is 479 g/mol. The number of aromatic nitrogens is 2. The van der Waals surface area contributed by atoms with Gasteiger partial charge in [0.2, 0.25) is 18.1 Å². The Kier molecular flexibility index (Phi) is 6.51. The van der Waals surface area contributed by atoms with E-state index in [1.165, 1.54) is 12.1 Å². The molecule has 3 aliphatic heterocycles. The molecule has 4 heterocycles. The summed E-state index contributed by atoms with van der Waals surface area (Å²) in [4.78, 5) is 28.9. The highest BCUT2D eigenvalue weighted by Gasteiger charge is 2.45. The van der Waals surface area contributed by atoms with Gasteiger partial charge in [-0.25, -0.2) is 14.4 Å². The number of hydrogen-bond acceptors (Lipinski definition) is 9. The van der Waals surface area contributed by atoms with Gasteiger partial charge in [-0.05, 0) is 43.5 Å². The van der Waals surface area contributed by atoms with Gasteiger partial charge in [-0.15, -0.1) is 0 Å². The summed E-state index contributed by atoms with van der Waals surface area (Å²) in [6, 6.07) is 7.90. The van der Waals surface area contributed by atoms with E-state index >= 15 is 0 Å². The summed E-state index contributed by atoms with van der Waals surface area (Å²) in [6.07, 6.45) is 3.21. The highest BCUT2D eigenvalue weighted by atomic mass is 19.1. The van der Waals surface area contributed by atoms with E-state index in [1.807, 2.05) is 17.9 Å². The zero-order chi connectivity index (χ0) is 25.4. The molecule has 2 saturated heterocycles.